The van der Waals surface area contributed by atoms with E-state index in [1.165, 1.54) is 0 Å². The topological polar surface area (TPSA) is 58.2 Å². The molecule has 0 bridgehead atoms. The van der Waals surface area contributed by atoms with E-state index in [1.54, 1.807) is 24.3 Å². The third kappa shape index (κ3) is 4.29. The van der Waals surface area contributed by atoms with Gasteiger partial charge in [0.05, 0.1) is 0 Å². The summed E-state index contributed by atoms with van der Waals surface area (Å²) in [4.78, 5) is 24.4. The zero-order chi connectivity index (χ0) is 18.5. The van der Waals surface area contributed by atoms with Crippen LogP contribution in [0.5, 0.6) is 0 Å². The van der Waals surface area contributed by atoms with Gasteiger partial charge in [-0.05, 0) is 70.5 Å². The van der Waals surface area contributed by atoms with Crippen LogP contribution < -0.4 is 10.9 Å². The molecule has 5 heteroatoms. The van der Waals surface area contributed by atoms with E-state index in [0.717, 1.165) is 20.3 Å². The van der Waals surface area contributed by atoms with Crippen molar-refractivity contribution in [3.63, 3.8) is 0 Å². The highest BCUT2D eigenvalue weighted by Gasteiger charge is 2.10. The zero-order valence-corrected chi connectivity index (χ0v) is 16.3. The standard InChI is InChI=1S/C21H17IN2O2/c1-14-7-8-18(13-19(14)22)21(26)24-23-20(25)17-11-9-16(10-12-17)15-5-3-2-4-6-15/h2-13H,1H3,(H,23,25)(H,24,26). The van der Waals surface area contributed by atoms with E-state index in [2.05, 4.69) is 33.4 Å². The lowest BCUT2D eigenvalue weighted by atomic mass is 10.0. The molecule has 0 aliphatic rings. The van der Waals surface area contributed by atoms with E-state index >= 15 is 0 Å². The zero-order valence-electron chi connectivity index (χ0n) is 14.1. The largest absolute Gasteiger partial charge is 0.269 e. The van der Waals surface area contributed by atoms with Crippen LogP contribution in [-0.4, -0.2) is 11.8 Å². The molecule has 0 aliphatic heterocycles. The number of amides is 2. The maximum Gasteiger partial charge on any atom is 0.269 e. The number of aryl methyl sites for hydroxylation is 1. The van der Waals surface area contributed by atoms with Crippen LogP contribution in [0, 0.1) is 10.5 Å². The van der Waals surface area contributed by atoms with Crippen molar-refractivity contribution in [2.45, 2.75) is 6.92 Å². The van der Waals surface area contributed by atoms with E-state index in [0.29, 0.717) is 11.1 Å². The number of rotatable bonds is 3. The van der Waals surface area contributed by atoms with Crippen molar-refractivity contribution in [3.8, 4) is 11.1 Å². The fourth-order valence-corrected chi connectivity index (χ4v) is 2.95. The first kappa shape index (κ1) is 18.1. The Morgan fingerprint density at radius 3 is 1.88 bits per heavy atom. The van der Waals surface area contributed by atoms with Gasteiger partial charge in [0.25, 0.3) is 11.8 Å². The predicted molar refractivity (Wildman–Crippen MR) is 111 cm³/mol. The van der Waals surface area contributed by atoms with Crippen LogP contribution in [0.2, 0.25) is 0 Å². The molecule has 0 aromatic heterocycles. The molecule has 0 spiro atoms. The van der Waals surface area contributed by atoms with E-state index in [9.17, 15) is 9.59 Å². The van der Waals surface area contributed by atoms with Gasteiger partial charge in [-0.3, -0.25) is 20.4 Å². The summed E-state index contributed by atoms with van der Waals surface area (Å²) in [6, 6.07) is 22.6. The molecule has 0 saturated carbocycles. The van der Waals surface area contributed by atoms with Gasteiger partial charge in [0.15, 0.2) is 0 Å². The van der Waals surface area contributed by atoms with Crippen molar-refractivity contribution in [2.75, 3.05) is 0 Å². The Morgan fingerprint density at radius 1 is 0.731 bits per heavy atom. The minimum Gasteiger partial charge on any atom is -0.267 e. The van der Waals surface area contributed by atoms with Gasteiger partial charge in [-0.15, -0.1) is 0 Å². The first-order valence-electron chi connectivity index (χ1n) is 8.07. The maximum absolute atomic E-state index is 12.2. The Bertz CT molecular complexity index is 938. The number of hydrogen-bond donors (Lipinski definition) is 2. The molecule has 3 rings (SSSR count). The predicted octanol–water partition coefficient (Wildman–Crippen LogP) is 4.34. The molecule has 2 N–H and O–H groups in total. The van der Waals surface area contributed by atoms with Gasteiger partial charge in [-0.25, -0.2) is 0 Å². The summed E-state index contributed by atoms with van der Waals surface area (Å²) in [5, 5.41) is 0. The summed E-state index contributed by atoms with van der Waals surface area (Å²) in [5.74, 6) is -0.711. The van der Waals surface area contributed by atoms with E-state index in [-0.39, 0.29) is 11.8 Å². The minimum absolute atomic E-state index is 0.350. The van der Waals surface area contributed by atoms with E-state index in [1.807, 2.05) is 55.5 Å². The van der Waals surface area contributed by atoms with Gasteiger partial charge >= 0.3 is 0 Å². The number of nitrogens with one attached hydrogen (secondary N) is 2. The molecule has 4 nitrogen and oxygen atoms in total. The van der Waals surface area contributed by atoms with Crippen LogP contribution >= 0.6 is 22.6 Å². The lowest BCUT2D eigenvalue weighted by molar-refractivity contribution is 0.0846. The molecule has 0 heterocycles. The van der Waals surface area contributed by atoms with Crippen LogP contribution in [0.15, 0.2) is 72.8 Å². The molecule has 26 heavy (non-hydrogen) atoms. The van der Waals surface area contributed by atoms with Gasteiger partial charge < -0.3 is 0 Å². The summed E-state index contributed by atoms with van der Waals surface area (Å²) in [6.07, 6.45) is 0. The molecule has 2 amide bonds. The van der Waals surface area contributed by atoms with Crippen molar-refractivity contribution in [3.05, 3.63) is 93.1 Å². The number of hydrogen-bond acceptors (Lipinski definition) is 2. The second-order valence-corrected chi connectivity index (χ2v) is 6.98. The van der Waals surface area contributed by atoms with Crippen molar-refractivity contribution in [1.82, 2.24) is 10.9 Å². The van der Waals surface area contributed by atoms with Gasteiger partial charge in [-0.1, -0.05) is 48.5 Å². The Hall–Kier alpha value is -2.67. The van der Waals surface area contributed by atoms with Crippen molar-refractivity contribution < 1.29 is 9.59 Å². The molecule has 3 aromatic carbocycles. The molecule has 0 aliphatic carbocycles. The monoisotopic (exact) mass is 456 g/mol. The van der Waals surface area contributed by atoms with Crippen molar-refractivity contribution >= 4 is 34.4 Å². The third-order valence-electron chi connectivity index (χ3n) is 3.98. The lowest BCUT2D eigenvalue weighted by Crippen LogP contribution is -2.41. The van der Waals surface area contributed by atoms with Crippen LogP contribution in [0.4, 0.5) is 0 Å². The number of carbonyl (C=O) groups excluding carboxylic acids is 2. The molecular formula is C21H17IN2O2. The molecule has 0 atom stereocenters. The molecule has 0 unspecified atom stereocenters. The summed E-state index contributed by atoms with van der Waals surface area (Å²) >= 11 is 2.17. The maximum atomic E-state index is 12.2. The Kier molecular flexibility index (Phi) is 5.68. The third-order valence-corrected chi connectivity index (χ3v) is 5.14. The number of halogens is 1. The highest BCUT2D eigenvalue weighted by molar-refractivity contribution is 14.1. The van der Waals surface area contributed by atoms with Gasteiger partial charge in [-0.2, -0.15) is 0 Å². The minimum atomic E-state index is -0.361. The normalized spacial score (nSPS) is 10.2. The highest BCUT2D eigenvalue weighted by Crippen LogP contribution is 2.19. The molecular weight excluding hydrogens is 439 g/mol. The first-order valence-corrected chi connectivity index (χ1v) is 9.15. The summed E-state index contributed by atoms with van der Waals surface area (Å²) in [6.45, 7) is 1.98. The Balaban J connectivity index is 1.63. The van der Waals surface area contributed by atoms with Crippen LogP contribution in [-0.2, 0) is 0 Å². The SMILES string of the molecule is Cc1ccc(C(=O)NNC(=O)c2ccc(-c3ccccc3)cc2)cc1I. The molecule has 3 aromatic rings. The number of hydrazine groups is 1. The van der Waals surface area contributed by atoms with Crippen molar-refractivity contribution in [1.29, 1.82) is 0 Å². The molecule has 130 valence electrons. The average Bonchev–Trinajstić information content (AvgIpc) is 2.68. The van der Waals surface area contributed by atoms with E-state index in [4.69, 9.17) is 0 Å². The Labute approximate surface area is 165 Å². The summed E-state index contributed by atoms with van der Waals surface area (Å²) < 4.78 is 0.998. The highest BCUT2D eigenvalue weighted by atomic mass is 127. The second-order valence-electron chi connectivity index (χ2n) is 5.82. The lowest BCUT2D eigenvalue weighted by Gasteiger charge is -2.09. The van der Waals surface area contributed by atoms with E-state index < -0.39 is 0 Å². The number of carbonyl (C=O) groups is 2. The fraction of sp³-hybridized carbons (Fsp3) is 0.0476. The average molecular weight is 456 g/mol. The van der Waals surface area contributed by atoms with Crippen molar-refractivity contribution in [2.24, 2.45) is 0 Å². The van der Waals surface area contributed by atoms with Crippen LogP contribution in [0.25, 0.3) is 11.1 Å². The second kappa shape index (κ2) is 8.14. The van der Waals surface area contributed by atoms with Gasteiger partial charge in [0, 0.05) is 14.7 Å². The molecule has 0 saturated heterocycles. The number of benzene rings is 3. The summed E-state index contributed by atoms with van der Waals surface area (Å²) in [5.41, 5.74) is 9.09. The smallest absolute Gasteiger partial charge is 0.267 e. The van der Waals surface area contributed by atoms with Gasteiger partial charge in [0.1, 0.15) is 0 Å². The quantitative estimate of drug-likeness (QED) is 0.455. The Morgan fingerprint density at radius 2 is 1.27 bits per heavy atom. The fourth-order valence-electron chi connectivity index (χ4n) is 2.44. The first-order chi connectivity index (χ1) is 12.5. The van der Waals surface area contributed by atoms with Crippen LogP contribution in [0.1, 0.15) is 26.3 Å². The molecule has 0 fully saturated rings. The van der Waals surface area contributed by atoms with Gasteiger partial charge in [0.2, 0.25) is 0 Å². The summed E-state index contributed by atoms with van der Waals surface area (Å²) in [7, 11) is 0. The van der Waals surface area contributed by atoms with Crippen LogP contribution in [0.3, 0.4) is 0 Å². The molecule has 0 radical (unpaired) electrons.